The van der Waals surface area contributed by atoms with Crippen LogP contribution in [0.15, 0.2) is 24.5 Å². The van der Waals surface area contributed by atoms with Gasteiger partial charge in [-0.2, -0.15) is 0 Å². The van der Waals surface area contributed by atoms with Crippen LogP contribution in [0.25, 0.3) is 0 Å². The molecule has 1 N–H and O–H groups in total. The van der Waals surface area contributed by atoms with E-state index in [0.717, 1.165) is 24.2 Å². The van der Waals surface area contributed by atoms with E-state index in [1.165, 1.54) is 12.8 Å². The third-order valence-electron chi connectivity index (χ3n) is 1.59. The van der Waals surface area contributed by atoms with Crippen LogP contribution in [0.5, 0.6) is 0 Å². The van der Waals surface area contributed by atoms with Crippen molar-refractivity contribution in [2.24, 2.45) is 5.92 Å². The maximum atomic E-state index is 8.40. The van der Waals surface area contributed by atoms with E-state index < -0.39 is 0 Å². The molecule has 0 aromatic rings. The second-order valence-corrected chi connectivity index (χ2v) is 3.26. The van der Waals surface area contributed by atoms with Gasteiger partial charge in [0.25, 0.3) is 0 Å². The molecular formula is C10H18O. The summed E-state index contributed by atoms with van der Waals surface area (Å²) in [5.41, 5.74) is 1.01. The zero-order valence-corrected chi connectivity index (χ0v) is 7.51. The SMILES string of the molecule is C=C(C=CO)CCCC(C)C. The van der Waals surface area contributed by atoms with Gasteiger partial charge in [-0.15, -0.1) is 0 Å². The van der Waals surface area contributed by atoms with Crippen LogP contribution in [0.2, 0.25) is 0 Å². The van der Waals surface area contributed by atoms with Crippen LogP contribution in [-0.2, 0) is 0 Å². The Morgan fingerprint density at radius 3 is 2.64 bits per heavy atom. The second kappa shape index (κ2) is 6.02. The molecule has 0 heterocycles. The predicted octanol–water partition coefficient (Wildman–Crippen LogP) is 3.44. The Bertz CT molecular complexity index is 134. The van der Waals surface area contributed by atoms with E-state index in [1.807, 2.05) is 0 Å². The van der Waals surface area contributed by atoms with Crippen LogP contribution in [-0.4, -0.2) is 5.11 Å². The molecule has 0 spiro atoms. The van der Waals surface area contributed by atoms with E-state index in [9.17, 15) is 0 Å². The van der Waals surface area contributed by atoms with Gasteiger partial charge in [-0.25, -0.2) is 0 Å². The molecule has 0 rings (SSSR count). The average Bonchev–Trinajstić information content (AvgIpc) is 1.87. The van der Waals surface area contributed by atoms with Gasteiger partial charge < -0.3 is 5.11 Å². The molecule has 0 amide bonds. The zero-order valence-electron chi connectivity index (χ0n) is 7.51. The monoisotopic (exact) mass is 154 g/mol. The highest BCUT2D eigenvalue weighted by Crippen LogP contribution is 2.11. The van der Waals surface area contributed by atoms with Gasteiger partial charge in [-0.05, 0) is 24.8 Å². The number of hydrogen-bond donors (Lipinski definition) is 1. The molecule has 0 saturated carbocycles. The molecule has 0 saturated heterocycles. The summed E-state index contributed by atoms with van der Waals surface area (Å²) < 4.78 is 0. The van der Waals surface area contributed by atoms with Gasteiger partial charge in [-0.3, -0.25) is 0 Å². The second-order valence-electron chi connectivity index (χ2n) is 3.26. The molecule has 64 valence electrons. The Morgan fingerprint density at radius 2 is 2.18 bits per heavy atom. The summed E-state index contributed by atoms with van der Waals surface area (Å²) >= 11 is 0. The number of aliphatic hydroxyl groups is 1. The van der Waals surface area contributed by atoms with Crippen molar-refractivity contribution >= 4 is 0 Å². The Labute approximate surface area is 69.4 Å². The highest BCUT2D eigenvalue weighted by atomic mass is 16.2. The van der Waals surface area contributed by atoms with Crippen molar-refractivity contribution in [2.45, 2.75) is 33.1 Å². The minimum Gasteiger partial charge on any atom is -0.516 e. The largest absolute Gasteiger partial charge is 0.516 e. The molecule has 0 aliphatic carbocycles. The van der Waals surface area contributed by atoms with Crippen molar-refractivity contribution < 1.29 is 5.11 Å². The first-order valence-electron chi connectivity index (χ1n) is 4.15. The fraction of sp³-hybridized carbons (Fsp3) is 0.600. The quantitative estimate of drug-likeness (QED) is 0.475. The smallest absolute Gasteiger partial charge is 0.0794 e. The lowest BCUT2D eigenvalue weighted by molar-refractivity contribution is 0.472. The van der Waals surface area contributed by atoms with E-state index in [1.54, 1.807) is 6.08 Å². The number of rotatable bonds is 5. The standard InChI is InChI=1S/C10H18O/c1-9(2)5-4-6-10(3)7-8-11/h7-9,11H,3-6H2,1-2H3. The minimum absolute atomic E-state index is 0.765. The van der Waals surface area contributed by atoms with Gasteiger partial charge >= 0.3 is 0 Å². The van der Waals surface area contributed by atoms with Gasteiger partial charge in [0.1, 0.15) is 0 Å². The van der Waals surface area contributed by atoms with Crippen molar-refractivity contribution in [1.29, 1.82) is 0 Å². The molecule has 0 radical (unpaired) electrons. The van der Waals surface area contributed by atoms with Gasteiger partial charge in [0.05, 0.1) is 6.26 Å². The predicted molar refractivity (Wildman–Crippen MR) is 49.6 cm³/mol. The summed E-state index contributed by atoms with van der Waals surface area (Å²) in [5.74, 6) is 0.765. The van der Waals surface area contributed by atoms with E-state index >= 15 is 0 Å². The molecule has 0 aromatic heterocycles. The zero-order chi connectivity index (χ0) is 8.69. The Morgan fingerprint density at radius 1 is 1.55 bits per heavy atom. The van der Waals surface area contributed by atoms with E-state index in [0.29, 0.717) is 0 Å². The number of allylic oxidation sites excluding steroid dienone is 2. The minimum atomic E-state index is 0.765. The Hall–Kier alpha value is -0.720. The summed E-state index contributed by atoms with van der Waals surface area (Å²) in [6, 6.07) is 0. The van der Waals surface area contributed by atoms with E-state index in [2.05, 4.69) is 20.4 Å². The average molecular weight is 154 g/mol. The van der Waals surface area contributed by atoms with Crippen LogP contribution in [0, 0.1) is 5.92 Å². The molecular weight excluding hydrogens is 136 g/mol. The highest BCUT2D eigenvalue weighted by molar-refractivity contribution is 5.11. The number of hydrogen-bond acceptors (Lipinski definition) is 1. The summed E-state index contributed by atoms with van der Waals surface area (Å²) in [7, 11) is 0. The normalized spacial score (nSPS) is 11.2. The maximum Gasteiger partial charge on any atom is 0.0794 e. The lowest BCUT2D eigenvalue weighted by Gasteiger charge is -2.03. The maximum absolute atomic E-state index is 8.40. The summed E-state index contributed by atoms with van der Waals surface area (Å²) in [6.45, 7) is 8.22. The van der Waals surface area contributed by atoms with Crippen molar-refractivity contribution in [2.75, 3.05) is 0 Å². The van der Waals surface area contributed by atoms with Crippen molar-refractivity contribution in [3.05, 3.63) is 24.5 Å². The van der Waals surface area contributed by atoms with Crippen molar-refractivity contribution in [3.63, 3.8) is 0 Å². The van der Waals surface area contributed by atoms with Crippen molar-refractivity contribution in [1.82, 2.24) is 0 Å². The van der Waals surface area contributed by atoms with Crippen LogP contribution in [0.4, 0.5) is 0 Å². The first kappa shape index (κ1) is 10.3. The third kappa shape index (κ3) is 7.17. The molecule has 0 unspecified atom stereocenters. The van der Waals surface area contributed by atoms with Gasteiger partial charge in [0.2, 0.25) is 0 Å². The molecule has 0 aliphatic heterocycles. The lowest BCUT2D eigenvalue weighted by Crippen LogP contribution is -1.87. The summed E-state index contributed by atoms with van der Waals surface area (Å²) in [4.78, 5) is 0. The number of aliphatic hydroxyl groups excluding tert-OH is 1. The first-order chi connectivity index (χ1) is 5.16. The molecule has 0 aromatic carbocycles. The first-order valence-corrected chi connectivity index (χ1v) is 4.15. The molecule has 11 heavy (non-hydrogen) atoms. The summed E-state index contributed by atoms with van der Waals surface area (Å²) in [5, 5.41) is 8.40. The van der Waals surface area contributed by atoms with Crippen LogP contribution in [0.3, 0.4) is 0 Å². The third-order valence-corrected chi connectivity index (χ3v) is 1.59. The molecule has 1 heteroatoms. The van der Waals surface area contributed by atoms with Gasteiger partial charge in [0, 0.05) is 0 Å². The molecule has 0 atom stereocenters. The molecule has 0 fully saturated rings. The highest BCUT2D eigenvalue weighted by Gasteiger charge is 1.94. The van der Waals surface area contributed by atoms with Crippen molar-refractivity contribution in [3.8, 4) is 0 Å². The topological polar surface area (TPSA) is 20.2 Å². The Kier molecular flexibility index (Phi) is 5.63. The molecule has 1 nitrogen and oxygen atoms in total. The van der Waals surface area contributed by atoms with Gasteiger partial charge in [-0.1, -0.05) is 32.4 Å². The van der Waals surface area contributed by atoms with E-state index in [4.69, 9.17) is 5.11 Å². The lowest BCUT2D eigenvalue weighted by atomic mass is 10.0. The van der Waals surface area contributed by atoms with Crippen LogP contribution >= 0.6 is 0 Å². The molecule has 0 bridgehead atoms. The fourth-order valence-corrected chi connectivity index (χ4v) is 0.926. The van der Waals surface area contributed by atoms with E-state index in [-0.39, 0.29) is 0 Å². The summed E-state index contributed by atoms with van der Waals surface area (Å²) in [6.07, 6.45) is 6.10. The fourth-order valence-electron chi connectivity index (χ4n) is 0.926. The molecule has 0 aliphatic rings. The Balaban J connectivity index is 3.32. The van der Waals surface area contributed by atoms with Crippen LogP contribution in [0.1, 0.15) is 33.1 Å². The van der Waals surface area contributed by atoms with Crippen LogP contribution < -0.4 is 0 Å². The van der Waals surface area contributed by atoms with Gasteiger partial charge in [0.15, 0.2) is 0 Å².